The number of halogens is 1. The Hall–Kier alpha value is -1.09. The summed E-state index contributed by atoms with van der Waals surface area (Å²) in [6.07, 6.45) is 1.39. The molecule has 1 aromatic carbocycles. The number of aliphatic hydroxyl groups is 1. The molecular formula is C12H17FO2. The molecule has 0 aliphatic heterocycles. The number of hydrogen-bond donors (Lipinski definition) is 1. The van der Waals surface area contributed by atoms with Crippen LogP contribution in [0.25, 0.3) is 0 Å². The SMILES string of the molecule is CCC(CO)Cc1cccc(OC)c1F. The number of methoxy groups -OCH3 is 1. The highest BCUT2D eigenvalue weighted by molar-refractivity contribution is 5.31. The Balaban J connectivity index is 2.85. The largest absolute Gasteiger partial charge is 0.494 e. The minimum Gasteiger partial charge on any atom is -0.494 e. The van der Waals surface area contributed by atoms with Crippen LogP contribution in [0.4, 0.5) is 4.39 Å². The van der Waals surface area contributed by atoms with Crippen LogP contribution in [0.3, 0.4) is 0 Å². The topological polar surface area (TPSA) is 29.5 Å². The van der Waals surface area contributed by atoms with Crippen molar-refractivity contribution in [2.75, 3.05) is 13.7 Å². The summed E-state index contributed by atoms with van der Waals surface area (Å²) in [4.78, 5) is 0. The number of ether oxygens (including phenoxy) is 1. The van der Waals surface area contributed by atoms with E-state index in [4.69, 9.17) is 9.84 Å². The average Bonchev–Trinajstić information content (AvgIpc) is 2.28. The van der Waals surface area contributed by atoms with Crippen molar-refractivity contribution in [3.05, 3.63) is 29.6 Å². The van der Waals surface area contributed by atoms with E-state index in [9.17, 15) is 4.39 Å². The number of aliphatic hydroxyl groups excluding tert-OH is 1. The van der Waals surface area contributed by atoms with E-state index in [2.05, 4.69) is 0 Å². The molecule has 0 radical (unpaired) electrons. The van der Waals surface area contributed by atoms with E-state index in [1.165, 1.54) is 7.11 Å². The Morgan fingerprint density at radius 1 is 1.47 bits per heavy atom. The van der Waals surface area contributed by atoms with Gasteiger partial charge in [0.15, 0.2) is 11.6 Å². The molecule has 0 heterocycles. The molecule has 0 aliphatic carbocycles. The molecule has 0 spiro atoms. The van der Waals surface area contributed by atoms with Gasteiger partial charge in [0.05, 0.1) is 7.11 Å². The predicted molar refractivity (Wildman–Crippen MR) is 57.5 cm³/mol. The second-order valence-corrected chi connectivity index (χ2v) is 3.59. The lowest BCUT2D eigenvalue weighted by Gasteiger charge is -2.13. The quantitative estimate of drug-likeness (QED) is 0.812. The molecule has 3 heteroatoms. The van der Waals surface area contributed by atoms with Gasteiger partial charge in [-0.15, -0.1) is 0 Å². The van der Waals surface area contributed by atoms with Crippen molar-refractivity contribution in [1.29, 1.82) is 0 Å². The minimum atomic E-state index is -0.313. The van der Waals surface area contributed by atoms with Crippen molar-refractivity contribution in [3.8, 4) is 5.75 Å². The summed E-state index contributed by atoms with van der Waals surface area (Å²) >= 11 is 0. The summed E-state index contributed by atoms with van der Waals surface area (Å²) < 4.78 is 18.6. The highest BCUT2D eigenvalue weighted by Crippen LogP contribution is 2.22. The molecule has 1 N–H and O–H groups in total. The van der Waals surface area contributed by atoms with Gasteiger partial charge < -0.3 is 9.84 Å². The van der Waals surface area contributed by atoms with Gasteiger partial charge in [0, 0.05) is 6.61 Å². The number of rotatable bonds is 5. The lowest BCUT2D eigenvalue weighted by Crippen LogP contribution is -2.09. The van der Waals surface area contributed by atoms with Gasteiger partial charge in [-0.2, -0.15) is 0 Å². The van der Waals surface area contributed by atoms with Gasteiger partial charge in [-0.1, -0.05) is 25.5 Å². The van der Waals surface area contributed by atoms with Gasteiger partial charge in [0.25, 0.3) is 0 Å². The molecule has 84 valence electrons. The van der Waals surface area contributed by atoms with Crippen LogP contribution in [-0.2, 0) is 6.42 Å². The molecule has 0 amide bonds. The monoisotopic (exact) mass is 212 g/mol. The summed E-state index contributed by atoms with van der Waals surface area (Å²) in [6, 6.07) is 5.09. The van der Waals surface area contributed by atoms with Gasteiger partial charge in [-0.3, -0.25) is 0 Å². The van der Waals surface area contributed by atoms with Crippen LogP contribution in [-0.4, -0.2) is 18.8 Å². The van der Waals surface area contributed by atoms with Crippen LogP contribution in [0.5, 0.6) is 5.75 Å². The van der Waals surface area contributed by atoms with Gasteiger partial charge in [0.2, 0.25) is 0 Å². The van der Waals surface area contributed by atoms with Crippen LogP contribution in [0.15, 0.2) is 18.2 Å². The smallest absolute Gasteiger partial charge is 0.168 e. The molecule has 0 saturated heterocycles. The Kier molecular flexibility index (Phi) is 4.56. The fraction of sp³-hybridized carbons (Fsp3) is 0.500. The molecule has 2 nitrogen and oxygen atoms in total. The highest BCUT2D eigenvalue weighted by Gasteiger charge is 2.12. The molecule has 0 bridgehead atoms. The van der Waals surface area contributed by atoms with Crippen LogP contribution in [0, 0.1) is 11.7 Å². The van der Waals surface area contributed by atoms with Gasteiger partial charge >= 0.3 is 0 Å². The predicted octanol–water partition coefficient (Wildman–Crippen LogP) is 2.40. The molecule has 0 aromatic heterocycles. The van der Waals surface area contributed by atoms with E-state index in [1.54, 1.807) is 18.2 Å². The standard InChI is InChI=1S/C12H17FO2/c1-3-9(8-14)7-10-5-4-6-11(15-2)12(10)13/h4-6,9,14H,3,7-8H2,1-2H3. The first-order valence-electron chi connectivity index (χ1n) is 5.15. The lowest BCUT2D eigenvalue weighted by molar-refractivity contribution is 0.221. The fourth-order valence-electron chi connectivity index (χ4n) is 1.52. The van der Waals surface area contributed by atoms with Crippen molar-refractivity contribution in [2.45, 2.75) is 19.8 Å². The average molecular weight is 212 g/mol. The third-order valence-corrected chi connectivity index (χ3v) is 2.61. The van der Waals surface area contributed by atoms with E-state index in [0.29, 0.717) is 12.0 Å². The third-order valence-electron chi connectivity index (χ3n) is 2.61. The zero-order valence-corrected chi connectivity index (χ0v) is 9.16. The van der Waals surface area contributed by atoms with Crippen LogP contribution in [0.1, 0.15) is 18.9 Å². The molecule has 0 fully saturated rings. The van der Waals surface area contributed by atoms with Crippen LogP contribution in [0.2, 0.25) is 0 Å². The van der Waals surface area contributed by atoms with Gasteiger partial charge in [0.1, 0.15) is 0 Å². The van der Waals surface area contributed by atoms with E-state index in [0.717, 1.165) is 6.42 Å². The first-order valence-corrected chi connectivity index (χ1v) is 5.15. The zero-order chi connectivity index (χ0) is 11.3. The zero-order valence-electron chi connectivity index (χ0n) is 9.16. The van der Waals surface area contributed by atoms with Crippen molar-refractivity contribution in [3.63, 3.8) is 0 Å². The second kappa shape index (κ2) is 5.71. The van der Waals surface area contributed by atoms with E-state index in [1.807, 2.05) is 6.92 Å². The molecule has 0 saturated carbocycles. The molecule has 15 heavy (non-hydrogen) atoms. The Morgan fingerprint density at radius 3 is 2.73 bits per heavy atom. The van der Waals surface area contributed by atoms with Gasteiger partial charge in [-0.05, 0) is 24.0 Å². The Morgan fingerprint density at radius 2 is 2.20 bits per heavy atom. The maximum absolute atomic E-state index is 13.7. The van der Waals surface area contributed by atoms with E-state index >= 15 is 0 Å². The van der Waals surface area contributed by atoms with Crippen LogP contribution >= 0.6 is 0 Å². The lowest BCUT2D eigenvalue weighted by atomic mass is 9.97. The fourth-order valence-corrected chi connectivity index (χ4v) is 1.52. The Labute approximate surface area is 89.7 Å². The first kappa shape index (κ1) is 12.0. The normalized spacial score (nSPS) is 12.5. The van der Waals surface area contributed by atoms with Crippen molar-refractivity contribution in [2.24, 2.45) is 5.92 Å². The maximum atomic E-state index is 13.7. The summed E-state index contributed by atoms with van der Waals surface area (Å²) in [7, 11) is 1.45. The molecule has 1 unspecified atom stereocenters. The number of hydrogen-bond acceptors (Lipinski definition) is 2. The molecule has 1 atom stereocenters. The first-order chi connectivity index (χ1) is 7.22. The maximum Gasteiger partial charge on any atom is 0.168 e. The van der Waals surface area contributed by atoms with Crippen molar-refractivity contribution in [1.82, 2.24) is 0 Å². The highest BCUT2D eigenvalue weighted by atomic mass is 19.1. The summed E-state index contributed by atoms with van der Waals surface area (Å²) in [5.41, 5.74) is 0.607. The third kappa shape index (κ3) is 2.93. The van der Waals surface area contributed by atoms with Crippen LogP contribution < -0.4 is 4.74 Å². The summed E-state index contributed by atoms with van der Waals surface area (Å²) in [5, 5.41) is 9.05. The summed E-state index contributed by atoms with van der Waals surface area (Å²) in [5.74, 6) is 0.0683. The molecular weight excluding hydrogens is 195 g/mol. The molecule has 1 rings (SSSR count). The van der Waals surface area contributed by atoms with Gasteiger partial charge in [-0.25, -0.2) is 4.39 Å². The Bertz CT molecular complexity index is 308. The van der Waals surface area contributed by atoms with E-state index in [-0.39, 0.29) is 24.1 Å². The molecule has 0 aliphatic rings. The molecule has 1 aromatic rings. The van der Waals surface area contributed by atoms with E-state index < -0.39 is 0 Å². The van der Waals surface area contributed by atoms with Crippen molar-refractivity contribution >= 4 is 0 Å². The minimum absolute atomic E-state index is 0.0904. The number of benzene rings is 1. The second-order valence-electron chi connectivity index (χ2n) is 3.59. The van der Waals surface area contributed by atoms with Crippen molar-refractivity contribution < 1.29 is 14.2 Å². The summed E-state index contributed by atoms with van der Waals surface area (Å²) in [6.45, 7) is 2.08.